The smallest absolute Gasteiger partial charge is 0.309 e. The molecule has 9 aromatic carbocycles. The molecule has 10 rings (SSSR count). The van der Waals surface area contributed by atoms with E-state index >= 15 is 0 Å². The molecule has 0 saturated carbocycles. The number of para-hydroxylation sites is 1. The monoisotopic (exact) mass is 967 g/mol. The Kier molecular flexibility index (Phi) is 12.0. The number of nitrogens with zero attached hydrogens (tertiary/aromatic N) is 9. The van der Waals surface area contributed by atoms with Crippen molar-refractivity contribution in [1.29, 1.82) is 42.1 Å². The van der Waals surface area contributed by atoms with Gasteiger partial charge in [-0.15, -0.1) is 0 Å². The van der Waals surface area contributed by atoms with Crippen molar-refractivity contribution in [1.82, 2.24) is 4.57 Å². The summed E-state index contributed by atoms with van der Waals surface area (Å²) in [5.41, 5.74) is 9.05. The molecule has 0 N–H and O–H groups in total. The van der Waals surface area contributed by atoms with Crippen molar-refractivity contribution in [2.75, 3.05) is 0 Å². The lowest BCUT2D eigenvalue weighted by Crippen LogP contribution is -2.10. The minimum Gasteiger partial charge on any atom is -0.309 e. The molecule has 0 bridgehead atoms. The van der Waals surface area contributed by atoms with Gasteiger partial charge >= 0.3 is 6.18 Å². The van der Waals surface area contributed by atoms with Crippen molar-refractivity contribution >= 4 is 21.8 Å². The number of nitriles is 8. The first-order chi connectivity index (χ1) is 36.3. The first-order valence-corrected chi connectivity index (χ1v) is 22.7. The highest BCUT2D eigenvalue weighted by Crippen LogP contribution is 2.43. The van der Waals surface area contributed by atoms with Gasteiger partial charge in [0.2, 0.25) is 0 Å². The zero-order chi connectivity index (χ0) is 52.5. The van der Waals surface area contributed by atoms with Gasteiger partial charge in [-0.05, 0) is 212 Å². The van der Waals surface area contributed by atoms with Crippen molar-refractivity contribution in [3.05, 3.63) is 220 Å². The van der Waals surface area contributed by atoms with Gasteiger partial charge in [-0.3, -0.25) is 0 Å². The molecule has 0 aliphatic carbocycles. The van der Waals surface area contributed by atoms with Crippen LogP contribution in [-0.2, 0) is 6.18 Å². The van der Waals surface area contributed by atoms with Crippen molar-refractivity contribution < 1.29 is 13.2 Å². The number of halogens is 3. The predicted molar refractivity (Wildman–Crippen MR) is 276 cm³/mol. The van der Waals surface area contributed by atoms with Crippen LogP contribution in [0.25, 0.3) is 94.3 Å². The molecule has 9 nitrogen and oxygen atoms in total. The van der Waals surface area contributed by atoms with Gasteiger partial charge in [0.25, 0.3) is 0 Å². The van der Waals surface area contributed by atoms with Crippen LogP contribution >= 0.6 is 0 Å². The first kappa shape index (κ1) is 47.2. The zero-order valence-electron chi connectivity index (χ0n) is 38.8. The van der Waals surface area contributed by atoms with Gasteiger partial charge in [-0.25, -0.2) is 0 Å². The van der Waals surface area contributed by atoms with E-state index in [0.29, 0.717) is 88.6 Å². The molecule has 0 atom stereocenters. The minimum atomic E-state index is -4.72. The topological polar surface area (TPSA) is 195 Å². The Labute approximate surface area is 427 Å². The Morgan fingerprint density at radius 1 is 0.280 bits per heavy atom. The molecule has 12 heteroatoms. The fourth-order valence-corrected chi connectivity index (χ4v) is 9.50. The second-order valence-corrected chi connectivity index (χ2v) is 17.5. The van der Waals surface area contributed by atoms with Crippen LogP contribution in [0.4, 0.5) is 13.2 Å². The van der Waals surface area contributed by atoms with Crippen LogP contribution in [-0.4, -0.2) is 4.57 Å². The van der Waals surface area contributed by atoms with Crippen molar-refractivity contribution in [2.45, 2.75) is 6.18 Å². The third-order valence-corrected chi connectivity index (χ3v) is 12.8. The molecule has 0 radical (unpaired) electrons. The van der Waals surface area contributed by atoms with E-state index in [9.17, 15) is 55.3 Å². The lowest BCUT2D eigenvalue weighted by molar-refractivity contribution is -0.137. The van der Waals surface area contributed by atoms with E-state index in [0.717, 1.165) is 6.07 Å². The van der Waals surface area contributed by atoms with Crippen LogP contribution in [0.5, 0.6) is 0 Å². The van der Waals surface area contributed by atoms with E-state index < -0.39 is 11.7 Å². The molecule has 0 unspecified atom stereocenters. The molecule has 0 fully saturated rings. The van der Waals surface area contributed by atoms with Gasteiger partial charge in [0, 0.05) is 10.8 Å². The van der Waals surface area contributed by atoms with Crippen LogP contribution < -0.4 is 0 Å². The maximum Gasteiger partial charge on any atom is 0.418 e. The molecule has 0 aliphatic heterocycles. The largest absolute Gasteiger partial charge is 0.418 e. The molecule has 0 aliphatic rings. The molecule has 346 valence electrons. The van der Waals surface area contributed by atoms with Crippen molar-refractivity contribution in [3.63, 3.8) is 0 Å². The predicted octanol–water partition coefficient (Wildman–Crippen LogP) is 14.8. The highest BCUT2D eigenvalue weighted by atomic mass is 19.4. The van der Waals surface area contributed by atoms with E-state index in [2.05, 4.69) is 48.6 Å². The summed E-state index contributed by atoms with van der Waals surface area (Å²) in [4.78, 5) is 0. The third kappa shape index (κ3) is 8.99. The van der Waals surface area contributed by atoms with E-state index in [1.807, 2.05) is 48.5 Å². The molecule has 1 heterocycles. The summed E-state index contributed by atoms with van der Waals surface area (Å²) in [5, 5.41) is 80.5. The number of aromatic nitrogens is 1. The zero-order valence-corrected chi connectivity index (χ0v) is 38.8. The summed E-state index contributed by atoms with van der Waals surface area (Å²) >= 11 is 0. The summed E-state index contributed by atoms with van der Waals surface area (Å²) in [6.07, 6.45) is -4.72. The molecule has 0 saturated heterocycles. The number of rotatable bonds is 7. The van der Waals surface area contributed by atoms with E-state index in [4.69, 9.17) is 0 Å². The standard InChI is InChI=1S/C63H28F3N9/c64-63(65,66)59-3-1-2-4-62(59)75-60-7-5-45(51-21-53(47-13-37(29-67)9-38(14-47)30-68)25-54(22-51)48-15-39(31-69)10-40(16-48)32-70)27-57(60)58-28-46(6-8-61(58)75)52-23-55(49-17-41(33-71)11-42(18-49)34-72)26-56(24-52)50-19-43(35-73)12-44(20-50)36-74/h1-28H. The summed E-state index contributed by atoms with van der Waals surface area (Å²) in [7, 11) is 0. The summed E-state index contributed by atoms with van der Waals surface area (Å²) in [6.45, 7) is 0. The summed E-state index contributed by atoms with van der Waals surface area (Å²) in [5.74, 6) is 0. The first-order valence-electron chi connectivity index (χ1n) is 22.7. The lowest BCUT2D eigenvalue weighted by Gasteiger charge is -2.16. The third-order valence-electron chi connectivity index (χ3n) is 12.8. The Morgan fingerprint density at radius 2 is 0.533 bits per heavy atom. The van der Waals surface area contributed by atoms with E-state index in [-0.39, 0.29) is 50.2 Å². The van der Waals surface area contributed by atoms with Gasteiger partial charge in [0.15, 0.2) is 0 Å². The molecule has 0 amide bonds. The minimum absolute atomic E-state index is 0.105. The average Bonchev–Trinajstić information content (AvgIpc) is 3.79. The SMILES string of the molecule is N#Cc1cc(C#N)cc(-c2cc(-c3cc(C#N)cc(C#N)c3)cc(-c3ccc4c(c3)c3cc(-c5cc(-c6cc(C#N)cc(C#N)c6)cc(-c6cc(C#N)cc(C#N)c6)c5)ccc3n4-c3ccccc3C(F)(F)F)c2)c1. The van der Waals surface area contributed by atoms with Crippen LogP contribution in [0.1, 0.15) is 50.1 Å². The number of hydrogen-bond acceptors (Lipinski definition) is 8. The average molecular weight is 968 g/mol. The Bertz CT molecular complexity index is 3890. The summed E-state index contributed by atoms with van der Waals surface area (Å²) < 4.78 is 46.4. The van der Waals surface area contributed by atoms with Gasteiger partial charge < -0.3 is 4.57 Å². The van der Waals surface area contributed by atoms with Gasteiger partial charge in [0.1, 0.15) is 0 Å². The highest BCUT2D eigenvalue weighted by molar-refractivity contribution is 6.12. The van der Waals surface area contributed by atoms with Gasteiger partial charge in [-0.1, -0.05) is 24.3 Å². The molecule has 1 aromatic heterocycles. The van der Waals surface area contributed by atoms with Gasteiger partial charge in [0.05, 0.1) is 115 Å². The highest BCUT2D eigenvalue weighted by Gasteiger charge is 2.34. The van der Waals surface area contributed by atoms with Crippen LogP contribution in [0.2, 0.25) is 0 Å². The quantitative estimate of drug-likeness (QED) is 0.150. The number of alkyl halides is 3. The van der Waals surface area contributed by atoms with E-state index in [1.54, 1.807) is 83.4 Å². The number of fused-ring (bicyclic) bond motifs is 3. The molecular formula is C63H28F3N9. The fourth-order valence-electron chi connectivity index (χ4n) is 9.50. The van der Waals surface area contributed by atoms with Crippen molar-refractivity contribution in [3.8, 4) is 121 Å². The molecular weight excluding hydrogens is 940 g/mol. The lowest BCUT2D eigenvalue weighted by atomic mass is 9.90. The molecule has 75 heavy (non-hydrogen) atoms. The molecule has 10 aromatic rings. The number of benzene rings is 9. The summed E-state index contributed by atoms with van der Waals surface area (Å²) in [6, 6.07) is 63.4. The van der Waals surface area contributed by atoms with E-state index in [1.165, 1.54) is 36.4 Å². The second kappa shape index (κ2) is 19.0. The van der Waals surface area contributed by atoms with Crippen LogP contribution in [0.15, 0.2) is 170 Å². The Morgan fingerprint density at radius 3 is 0.800 bits per heavy atom. The van der Waals surface area contributed by atoms with Crippen LogP contribution in [0, 0.1) is 90.6 Å². The maximum absolute atomic E-state index is 14.9. The maximum atomic E-state index is 14.9. The van der Waals surface area contributed by atoms with Crippen LogP contribution in [0.3, 0.4) is 0 Å². The Hall–Kier alpha value is -11.5. The number of hydrogen-bond donors (Lipinski definition) is 0. The Balaban J connectivity index is 1.26. The fraction of sp³-hybridized carbons (Fsp3) is 0.0159. The molecule has 0 spiro atoms. The second-order valence-electron chi connectivity index (χ2n) is 17.5. The van der Waals surface area contributed by atoms with Gasteiger partial charge in [-0.2, -0.15) is 55.3 Å². The van der Waals surface area contributed by atoms with Crippen molar-refractivity contribution in [2.24, 2.45) is 0 Å². The normalized spacial score (nSPS) is 10.8.